The first-order chi connectivity index (χ1) is 8.85. The van der Waals surface area contributed by atoms with Gasteiger partial charge in [-0.3, -0.25) is 0 Å². The lowest BCUT2D eigenvalue weighted by molar-refractivity contribution is 0.435. The third-order valence-corrected chi connectivity index (χ3v) is 2.91. The number of nitrogens with one attached hydrogen (secondary N) is 1. The molecule has 0 fully saturated rings. The number of fused-ring (bicyclic) bond motifs is 1. The molecule has 1 atom stereocenters. The summed E-state index contributed by atoms with van der Waals surface area (Å²) in [5.41, 5.74) is 0.945. The monoisotopic (exact) mass is 241 g/mol. The van der Waals surface area contributed by atoms with Gasteiger partial charge in [0, 0.05) is 11.8 Å². The Morgan fingerprint density at radius 2 is 2.17 bits per heavy atom. The summed E-state index contributed by atoms with van der Waals surface area (Å²) in [5, 5.41) is 4.64. The van der Waals surface area contributed by atoms with Gasteiger partial charge in [-0.15, -0.1) is 11.8 Å². The molecule has 0 saturated carbocycles. The van der Waals surface area contributed by atoms with Crippen LogP contribution in [0.25, 0.3) is 11.0 Å². The first-order valence-corrected chi connectivity index (χ1v) is 6.46. The van der Waals surface area contributed by atoms with Crippen molar-refractivity contribution in [2.45, 2.75) is 32.7 Å². The summed E-state index contributed by atoms with van der Waals surface area (Å²) >= 11 is 0. The van der Waals surface area contributed by atoms with Gasteiger partial charge in [0.25, 0.3) is 0 Å². The van der Waals surface area contributed by atoms with Crippen molar-refractivity contribution in [2.75, 3.05) is 6.54 Å². The fraction of sp³-hybridized carbons (Fsp3) is 0.375. The molecule has 1 unspecified atom stereocenters. The molecule has 18 heavy (non-hydrogen) atoms. The molecule has 0 spiro atoms. The van der Waals surface area contributed by atoms with Crippen LogP contribution < -0.4 is 5.32 Å². The molecule has 0 bridgehead atoms. The Hall–Kier alpha value is -1.72. The SMILES string of the molecule is CC#CCC(NCCC)c1cc2ccccc2o1. The highest BCUT2D eigenvalue weighted by Gasteiger charge is 2.14. The summed E-state index contributed by atoms with van der Waals surface area (Å²) in [6, 6.07) is 10.4. The molecule has 1 aromatic carbocycles. The zero-order chi connectivity index (χ0) is 12.8. The molecule has 0 radical (unpaired) electrons. The Morgan fingerprint density at radius 3 is 2.89 bits per heavy atom. The van der Waals surface area contributed by atoms with Gasteiger partial charge in [0.05, 0.1) is 6.04 Å². The number of rotatable bonds is 5. The van der Waals surface area contributed by atoms with Crippen molar-refractivity contribution >= 4 is 11.0 Å². The average molecular weight is 241 g/mol. The van der Waals surface area contributed by atoms with E-state index in [1.165, 1.54) is 0 Å². The molecule has 0 aliphatic heterocycles. The van der Waals surface area contributed by atoms with Crippen LogP contribution in [0.15, 0.2) is 34.7 Å². The largest absolute Gasteiger partial charge is 0.459 e. The Labute approximate surface area is 108 Å². The smallest absolute Gasteiger partial charge is 0.134 e. The van der Waals surface area contributed by atoms with Gasteiger partial charge in [-0.05, 0) is 32.0 Å². The number of para-hydroxylation sites is 1. The van der Waals surface area contributed by atoms with E-state index in [0.717, 1.165) is 36.1 Å². The Kier molecular flexibility index (Phi) is 4.44. The van der Waals surface area contributed by atoms with E-state index < -0.39 is 0 Å². The van der Waals surface area contributed by atoms with Crippen LogP contribution in [0.5, 0.6) is 0 Å². The molecule has 1 heterocycles. The molecule has 0 amide bonds. The van der Waals surface area contributed by atoms with E-state index >= 15 is 0 Å². The zero-order valence-corrected chi connectivity index (χ0v) is 11.0. The van der Waals surface area contributed by atoms with Crippen LogP contribution in [-0.4, -0.2) is 6.54 Å². The lowest BCUT2D eigenvalue weighted by atomic mass is 10.1. The second-order valence-corrected chi connectivity index (χ2v) is 4.32. The van der Waals surface area contributed by atoms with Crippen LogP contribution in [0.3, 0.4) is 0 Å². The van der Waals surface area contributed by atoms with Gasteiger partial charge in [-0.25, -0.2) is 0 Å². The molecule has 0 aliphatic carbocycles. The second-order valence-electron chi connectivity index (χ2n) is 4.32. The van der Waals surface area contributed by atoms with Crippen molar-refractivity contribution in [2.24, 2.45) is 0 Å². The van der Waals surface area contributed by atoms with Crippen LogP contribution in [0.1, 0.15) is 38.5 Å². The van der Waals surface area contributed by atoms with Crippen LogP contribution in [-0.2, 0) is 0 Å². The number of furan rings is 1. The summed E-state index contributed by atoms with van der Waals surface area (Å²) < 4.78 is 5.89. The summed E-state index contributed by atoms with van der Waals surface area (Å²) in [6.45, 7) is 5.01. The van der Waals surface area contributed by atoms with Gasteiger partial charge in [0.1, 0.15) is 11.3 Å². The topological polar surface area (TPSA) is 25.2 Å². The highest BCUT2D eigenvalue weighted by molar-refractivity contribution is 5.77. The normalized spacial score (nSPS) is 12.1. The molecule has 0 saturated heterocycles. The minimum atomic E-state index is 0.185. The van der Waals surface area contributed by atoms with E-state index in [4.69, 9.17) is 4.42 Å². The van der Waals surface area contributed by atoms with Crippen molar-refractivity contribution in [3.05, 3.63) is 36.1 Å². The van der Waals surface area contributed by atoms with Gasteiger partial charge in [0.15, 0.2) is 0 Å². The molecular weight excluding hydrogens is 222 g/mol. The summed E-state index contributed by atoms with van der Waals surface area (Å²) in [6.07, 6.45) is 1.90. The number of benzene rings is 1. The minimum absolute atomic E-state index is 0.185. The predicted molar refractivity (Wildman–Crippen MR) is 75.3 cm³/mol. The Balaban J connectivity index is 2.24. The third kappa shape index (κ3) is 2.94. The van der Waals surface area contributed by atoms with Crippen LogP contribution >= 0.6 is 0 Å². The molecule has 94 valence electrons. The van der Waals surface area contributed by atoms with Gasteiger partial charge in [-0.1, -0.05) is 25.1 Å². The lowest BCUT2D eigenvalue weighted by Gasteiger charge is -2.12. The van der Waals surface area contributed by atoms with Crippen LogP contribution in [0.4, 0.5) is 0 Å². The highest BCUT2D eigenvalue weighted by Crippen LogP contribution is 2.25. The van der Waals surface area contributed by atoms with E-state index in [1.807, 2.05) is 25.1 Å². The summed E-state index contributed by atoms with van der Waals surface area (Å²) in [5.74, 6) is 7.05. The first kappa shape index (κ1) is 12.7. The molecule has 1 N–H and O–H groups in total. The summed E-state index contributed by atoms with van der Waals surface area (Å²) in [7, 11) is 0. The molecule has 2 nitrogen and oxygen atoms in total. The summed E-state index contributed by atoms with van der Waals surface area (Å²) in [4.78, 5) is 0. The standard InChI is InChI=1S/C16H19NO/c1-3-5-9-14(17-11-4-2)16-12-13-8-6-7-10-15(13)18-16/h6-8,10,12,14,17H,4,9,11H2,1-2H3. The van der Waals surface area contributed by atoms with Crippen molar-refractivity contribution in [1.29, 1.82) is 0 Å². The molecular formula is C16H19NO. The molecule has 2 aromatic rings. The fourth-order valence-electron chi connectivity index (χ4n) is 1.97. The first-order valence-electron chi connectivity index (χ1n) is 6.46. The van der Waals surface area contributed by atoms with Crippen molar-refractivity contribution in [1.82, 2.24) is 5.32 Å². The van der Waals surface area contributed by atoms with E-state index in [1.54, 1.807) is 0 Å². The maximum absolute atomic E-state index is 5.89. The van der Waals surface area contributed by atoms with Gasteiger partial charge < -0.3 is 9.73 Å². The Morgan fingerprint density at radius 1 is 1.33 bits per heavy atom. The van der Waals surface area contributed by atoms with Gasteiger partial charge in [-0.2, -0.15) is 0 Å². The van der Waals surface area contributed by atoms with Crippen molar-refractivity contribution in [3.63, 3.8) is 0 Å². The quantitative estimate of drug-likeness (QED) is 0.803. The minimum Gasteiger partial charge on any atom is -0.459 e. The van der Waals surface area contributed by atoms with E-state index in [2.05, 4.69) is 36.2 Å². The number of hydrogen-bond acceptors (Lipinski definition) is 2. The maximum atomic E-state index is 5.89. The third-order valence-electron chi connectivity index (χ3n) is 2.91. The van der Waals surface area contributed by atoms with Gasteiger partial charge >= 0.3 is 0 Å². The zero-order valence-electron chi connectivity index (χ0n) is 11.0. The highest BCUT2D eigenvalue weighted by atomic mass is 16.3. The maximum Gasteiger partial charge on any atom is 0.134 e. The van der Waals surface area contributed by atoms with Gasteiger partial charge in [0.2, 0.25) is 0 Å². The second kappa shape index (κ2) is 6.28. The van der Waals surface area contributed by atoms with E-state index in [9.17, 15) is 0 Å². The molecule has 2 heteroatoms. The average Bonchev–Trinajstić information content (AvgIpc) is 2.82. The van der Waals surface area contributed by atoms with Crippen molar-refractivity contribution in [3.8, 4) is 11.8 Å². The Bertz CT molecular complexity index is 526. The fourth-order valence-corrected chi connectivity index (χ4v) is 1.97. The van der Waals surface area contributed by atoms with E-state index in [-0.39, 0.29) is 6.04 Å². The van der Waals surface area contributed by atoms with Crippen LogP contribution in [0, 0.1) is 11.8 Å². The van der Waals surface area contributed by atoms with E-state index in [0.29, 0.717) is 0 Å². The van der Waals surface area contributed by atoms with Crippen molar-refractivity contribution < 1.29 is 4.42 Å². The lowest BCUT2D eigenvalue weighted by Crippen LogP contribution is -2.21. The predicted octanol–water partition coefficient (Wildman–Crippen LogP) is 3.89. The molecule has 1 aromatic heterocycles. The molecule has 2 rings (SSSR count). The van der Waals surface area contributed by atoms with Crippen LogP contribution in [0.2, 0.25) is 0 Å². The molecule has 0 aliphatic rings. The number of hydrogen-bond donors (Lipinski definition) is 1.